The minimum atomic E-state index is -0.676. The van der Waals surface area contributed by atoms with Crippen molar-refractivity contribution in [3.05, 3.63) is 60.5 Å². The number of hydrogen-bond donors (Lipinski definition) is 1. The fourth-order valence-electron chi connectivity index (χ4n) is 1.81. The minimum absolute atomic E-state index is 0.0184. The van der Waals surface area contributed by atoms with Crippen LogP contribution in [0.15, 0.2) is 53.3 Å². The van der Waals surface area contributed by atoms with Gasteiger partial charge in [0.2, 0.25) is 5.89 Å². The van der Waals surface area contributed by atoms with Crippen LogP contribution < -0.4 is 5.73 Å². The normalized spacial score (nSPS) is 10.4. The molecule has 0 aliphatic rings. The van der Waals surface area contributed by atoms with Crippen molar-refractivity contribution in [3.63, 3.8) is 0 Å². The van der Waals surface area contributed by atoms with E-state index in [1.807, 2.05) is 30.3 Å². The highest BCUT2D eigenvalue weighted by molar-refractivity contribution is 5.91. The van der Waals surface area contributed by atoms with E-state index < -0.39 is 5.97 Å². The number of nitrogen functional groups attached to an aromatic ring is 1. The van der Waals surface area contributed by atoms with E-state index >= 15 is 0 Å². The Morgan fingerprint density at radius 1 is 1.14 bits per heavy atom. The third-order valence-corrected chi connectivity index (χ3v) is 2.86. The largest absolute Gasteiger partial charge is 0.451 e. The van der Waals surface area contributed by atoms with Gasteiger partial charge >= 0.3 is 5.97 Å². The van der Waals surface area contributed by atoms with Crippen molar-refractivity contribution in [2.45, 2.75) is 6.61 Å². The molecule has 0 radical (unpaired) electrons. The lowest BCUT2D eigenvalue weighted by atomic mass is 10.2. The molecule has 0 atom stereocenters. The first-order valence-corrected chi connectivity index (χ1v) is 6.48. The molecule has 0 unspecified atom stereocenters. The van der Waals surface area contributed by atoms with E-state index in [2.05, 4.69) is 15.0 Å². The molecule has 0 bridgehead atoms. The summed E-state index contributed by atoms with van der Waals surface area (Å²) in [5, 5.41) is 0. The lowest BCUT2D eigenvalue weighted by molar-refractivity contribution is 0.0433. The number of esters is 1. The molecule has 7 nitrogen and oxygen atoms in total. The van der Waals surface area contributed by atoms with Crippen molar-refractivity contribution in [3.8, 4) is 11.3 Å². The van der Waals surface area contributed by atoms with Crippen molar-refractivity contribution in [1.29, 1.82) is 0 Å². The second-order valence-electron chi connectivity index (χ2n) is 4.35. The molecule has 3 rings (SSSR count). The van der Waals surface area contributed by atoms with Gasteiger partial charge in [-0.1, -0.05) is 30.3 Å². The van der Waals surface area contributed by atoms with Crippen molar-refractivity contribution < 1.29 is 13.9 Å². The topological polar surface area (TPSA) is 104 Å². The number of anilines is 1. The molecule has 110 valence electrons. The van der Waals surface area contributed by atoms with E-state index in [0.717, 1.165) is 5.56 Å². The van der Waals surface area contributed by atoms with Crippen LogP contribution in [0.3, 0.4) is 0 Å². The molecular formula is C15H12N4O3. The number of benzene rings is 1. The zero-order chi connectivity index (χ0) is 15.4. The van der Waals surface area contributed by atoms with Gasteiger partial charge in [0.15, 0.2) is 23.9 Å². The molecule has 22 heavy (non-hydrogen) atoms. The van der Waals surface area contributed by atoms with Gasteiger partial charge in [0.25, 0.3) is 0 Å². The van der Waals surface area contributed by atoms with Crippen LogP contribution in [-0.2, 0) is 11.3 Å². The molecular weight excluding hydrogens is 284 g/mol. The number of rotatable bonds is 4. The van der Waals surface area contributed by atoms with Crippen molar-refractivity contribution in [1.82, 2.24) is 15.0 Å². The van der Waals surface area contributed by atoms with Crippen molar-refractivity contribution in [2.75, 3.05) is 5.73 Å². The van der Waals surface area contributed by atoms with Gasteiger partial charge in [0, 0.05) is 18.0 Å². The van der Waals surface area contributed by atoms with Crippen molar-refractivity contribution >= 4 is 11.8 Å². The Labute approximate surface area is 125 Å². The molecule has 2 aromatic heterocycles. The summed E-state index contributed by atoms with van der Waals surface area (Å²) in [5.41, 5.74) is 6.42. The smallest absolute Gasteiger partial charge is 0.361 e. The molecule has 0 aliphatic carbocycles. The van der Waals surface area contributed by atoms with E-state index in [0.29, 0.717) is 5.76 Å². The van der Waals surface area contributed by atoms with Crippen LogP contribution in [0.1, 0.15) is 16.4 Å². The van der Waals surface area contributed by atoms with Crippen LogP contribution >= 0.6 is 0 Å². The van der Waals surface area contributed by atoms with E-state index in [4.69, 9.17) is 14.9 Å². The quantitative estimate of drug-likeness (QED) is 0.735. The highest BCUT2D eigenvalue weighted by Crippen LogP contribution is 2.20. The predicted octanol–water partition coefficient (Wildman–Crippen LogP) is 2.07. The molecule has 0 spiro atoms. The van der Waals surface area contributed by atoms with Gasteiger partial charge in [-0.3, -0.25) is 0 Å². The minimum Gasteiger partial charge on any atom is -0.451 e. The van der Waals surface area contributed by atoms with E-state index in [9.17, 15) is 4.79 Å². The number of nitrogens with two attached hydrogens (primary N) is 1. The first kappa shape index (κ1) is 13.7. The Morgan fingerprint density at radius 2 is 1.91 bits per heavy atom. The molecule has 0 saturated heterocycles. The molecule has 0 aliphatic heterocycles. The van der Waals surface area contributed by atoms with E-state index in [1.165, 1.54) is 12.4 Å². The summed E-state index contributed by atoms with van der Waals surface area (Å²) in [6.45, 7) is -0.109. The first-order valence-electron chi connectivity index (χ1n) is 6.48. The maximum atomic E-state index is 11.8. The van der Waals surface area contributed by atoms with Gasteiger partial charge in [-0.25, -0.2) is 19.7 Å². The summed E-state index contributed by atoms with van der Waals surface area (Å²) in [5.74, 6) is 0.232. The molecule has 1 aromatic carbocycles. The van der Waals surface area contributed by atoms with Crippen molar-refractivity contribution in [2.24, 2.45) is 0 Å². The maximum absolute atomic E-state index is 11.8. The number of ether oxygens (including phenoxy) is 1. The van der Waals surface area contributed by atoms with Crippen LogP contribution in [0.25, 0.3) is 11.3 Å². The fraction of sp³-hybridized carbons (Fsp3) is 0.0667. The number of oxazole rings is 1. The molecule has 2 heterocycles. The summed E-state index contributed by atoms with van der Waals surface area (Å²) in [4.78, 5) is 23.5. The van der Waals surface area contributed by atoms with Gasteiger partial charge in [-0.15, -0.1) is 0 Å². The average molecular weight is 296 g/mol. The molecule has 0 saturated carbocycles. The highest BCUT2D eigenvalue weighted by Gasteiger charge is 2.15. The summed E-state index contributed by atoms with van der Waals surface area (Å²) in [6, 6.07) is 9.50. The average Bonchev–Trinajstić information content (AvgIpc) is 3.03. The van der Waals surface area contributed by atoms with Crippen LogP contribution in [-0.4, -0.2) is 20.9 Å². The van der Waals surface area contributed by atoms with E-state index in [-0.39, 0.29) is 24.0 Å². The fourth-order valence-corrected chi connectivity index (χ4v) is 1.81. The van der Waals surface area contributed by atoms with E-state index in [1.54, 1.807) is 6.20 Å². The number of hydrogen-bond acceptors (Lipinski definition) is 7. The first-order chi connectivity index (χ1) is 10.7. The highest BCUT2D eigenvalue weighted by atomic mass is 16.5. The maximum Gasteiger partial charge on any atom is 0.361 e. The zero-order valence-corrected chi connectivity index (χ0v) is 11.5. The van der Waals surface area contributed by atoms with Gasteiger partial charge in [0.1, 0.15) is 0 Å². The Balaban J connectivity index is 1.67. The Hall–Kier alpha value is -3.22. The zero-order valence-electron chi connectivity index (χ0n) is 11.5. The van der Waals surface area contributed by atoms with Crippen LogP contribution in [0.2, 0.25) is 0 Å². The standard InChI is InChI=1S/C15H12N4O3/c16-14-13(17-6-7-18-14)15(20)21-9-12-19-8-11(22-12)10-4-2-1-3-5-10/h1-8H,9H2,(H2,16,18). The lowest BCUT2D eigenvalue weighted by Crippen LogP contribution is -2.11. The third kappa shape index (κ3) is 2.93. The van der Waals surface area contributed by atoms with Crippen LogP contribution in [0.5, 0.6) is 0 Å². The summed E-state index contributed by atoms with van der Waals surface area (Å²) in [6.07, 6.45) is 4.34. The predicted molar refractivity (Wildman–Crippen MR) is 77.5 cm³/mol. The Kier molecular flexibility index (Phi) is 3.78. The number of aromatic nitrogens is 3. The molecule has 3 aromatic rings. The number of nitrogens with zero attached hydrogens (tertiary/aromatic N) is 3. The second-order valence-corrected chi connectivity index (χ2v) is 4.35. The molecule has 0 amide bonds. The van der Waals surface area contributed by atoms with Gasteiger partial charge < -0.3 is 14.9 Å². The summed E-state index contributed by atoms with van der Waals surface area (Å²) >= 11 is 0. The molecule has 0 fully saturated rings. The number of carbonyl (C=O) groups excluding carboxylic acids is 1. The Bertz CT molecular complexity index is 786. The van der Waals surface area contributed by atoms with Gasteiger partial charge in [-0.05, 0) is 0 Å². The monoisotopic (exact) mass is 296 g/mol. The van der Waals surface area contributed by atoms with Gasteiger partial charge in [-0.2, -0.15) is 0 Å². The second kappa shape index (κ2) is 6.04. The van der Waals surface area contributed by atoms with Crippen LogP contribution in [0.4, 0.5) is 5.82 Å². The van der Waals surface area contributed by atoms with Gasteiger partial charge in [0.05, 0.1) is 6.20 Å². The Morgan fingerprint density at radius 3 is 2.68 bits per heavy atom. The molecule has 2 N–H and O–H groups in total. The van der Waals surface area contributed by atoms with Crippen LogP contribution in [0, 0.1) is 0 Å². The third-order valence-electron chi connectivity index (χ3n) is 2.86. The SMILES string of the molecule is Nc1nccnc1C(=O)OCc1ncc(-c2ccccc2)o1. The number of carbonyl (C=O) groups is 1. The molecule has 7 heteroatoms. The summed E-state index contributed by atoms with van der Waals surface area (Å²) < 4.78 is 10.6. The summed E-state index contributed by atoms with van der Waals surface area (Å²) in [7, 11) is 0. The lowest BCUT2D eigenvalue weighted by Gasteiger charge is -2.03.